The Bertz CT molecular complexity index is 377. The second-order valence-electron chi connectivity index (χ2n) is 4.24. The molecule has 1 aromatic carbocycles. The van der Waals surface area contributed by atoms with E-state index >= 15 is 0 Å². The van der Waals surface area contributed by atoms with Gasteiger partial charge in [-0.2, -0.15) is 0 Å². The summed E-state index contributed by atoms with van der Waals surface area (Å²) < 4.78 is 1.27. The van der Waals surface area contributed by atoms with Crippen LogP contribution in [0.5, 0.6) is 0 Å². The highest BCUT2D eigenvalue weighted by atomic mass is 79.9. The standard InChI is InChI=1S/C14H17Br/c1-2-3-4-6-11-9-12-7-5-8-14(15)13(12)10-11/h5,7-9H,2-4,6,10H2,1H3. The highest BCUT2D eigenvalue weighted by Crippen LogP contribution is 2.32. The molecule has 0 radical (unpaired) electrons. The van der Waals surface area contributed by atoms with Gasteiger partial charge in [0.25, 0.3) is 0 Å². The molecule has 1 aromatic rings. The molecule has 15 heavy (non-hydrogen) atoms. The maximum absolute atomic E-state index is 3.62. The van der Waals surface area contributed by atoms with Crippen molar-refractivity contribution in [2.75, 3.05) is 0 Å². The van der Waals surface area contributed by atoms with Gasteiger partial charge in [-0.25, -0.2) is 0 Å². The number of rotatable bonds is 4. The van der Waals surface area contributed by atoms with Crippen LogP contribution in [0.1, 0.15) is 43.7 Å². The Balaban J connectivity index is 2.02. The fourth-order valence-electron chi connectivity index (χ4n) is 2.16. The van der Waals surface area contributed by atoms with Crippen molar-refractivity contribution in [3.8, 4) is 0 Å². The number of benzene rings is 1. The quantitative estimate of drug-likeness (QED) is 0.674. The van der Waals surface area contributed by atoms with Gasteiger partial charge in [0.1, 0.15) is 0 Å². The second-order valence-corrected chi connectivity index (χ2v) is 5.10. The minimum atomic E-state index is 1.15. The Morgan fingerprint density at radius 3 is 2.87 bits per heavy atom. The summed E-state index contributed by atoms with van der Waals surface area (Å²) in [6.07, 6.45) is 8.80. The van der Waals surface area contributed by atoms with E-state index in [1.54, 1.807) is 5.57 Å². The van der Waals surface area contributed by atoms with Crippen LogP contribution < -0.4 is 0 Å². The van der Waals surface area contributed by atoms with Crippen LogP contribution >= 0.6 is 15.9 Å². The van der Waals surface area contributed by atoms with Crippen molar-refractivity contribution in [3.05, 3.63) is 39.4 Å². The van der Waals surface area contributed by atoms with Gasteiger partial charge < -0.3 is 0 Å². The van der Waals surface area contributed by atoms with Crippen molar-refractivity contribution in [2.45, 2.75) is 39.0 Å². The Labute approximate surface area is 101 Å². The van der Waals surface area contributed by atoms with Gasteiger partial charge in [0.15, 0.2) is 0 Å². The minimum Gasteiger partial charge on any atom is -0.0654 e. The minimum absolute atomic E-state index is 1.15. The summed E-state index contributed by atoms with van der Waals surface area (Å²) in [5, 5.41) is 0. The third-order valence-electron chi connectivity index (χ3n) is 3.02. The Hall–Kier alpha value is -0.560. The smallest absolute Gasteiger partial charge is 0.0216 e. The number of hydrogen-bond donors (Lipinski definition) is 0. The highest BCUT2D eigenvalue weighted by molar-refractivity contribution is 9.10. The lowest BCUT2D eigenvalue weighted by Gasteiger charge is -2.02. The van der Waals surface area contributed by atoms with Gasteiger partial charge in [0, 0.05) is 4.47 Å². The van der Waals surface area contributed by atoms with E-state index < -0.39 is 0 Å². The van der Waals surface area contributed by atoms with Crippen LogP contribution in [0.2, 0.25) is 0 Å². The zero-order valence-electron chi connectivity index (χ0n) is 9.22. The van der Waals surface area contributed by atoms with E-state index in [4.69, 9.17) is 0 Å². The number of unbranched alkanes of at least 4 members (excludes halogenated alkanes) is 2. The highest BCUT2D eigenvalue weighted by Gasteiger charge is 2.14. The van der Waals surface area contributed by atoms with Crippen molar-refractivity contribution in [1.29, 1.82) is 0 Å². The molecule has 0 amide bonds. The lowest BCUT2D eigenvalue weighted by molar-refractivity contribution is 0.709. The first-order valence-electron chi connectivity index (χ1n) is 5.78. The molecule has 0 aliphatic heterocycles. The molecule has 0 heterocycles. The lowest BCUT2D eigenvalue weighted by Crippen LogP contribution is -1.87. The molecule has 0 fully saturated rings. The Morgan fingerprint density at radius 2 is 2.13 bits per heavy atom. The van der Waals surface area contributed by atoms with Crippen LogP contribution in [-0.4, -0.2) is 0 Å². The van der Waals surface area contributed by atoms with E-state index in [2.05, 4.69) is 47.1 Å². The molecule has 80 valence electrons. The first kappa shape index (κ1) is 10.9. The van der Waals surface area contributed by atoms with Crippen molar-refractivity contribution < 1.29 is 0 Å². The molecular formula is C14H17Br. The molecule has 1 heteroatoms. The molecule has 0 bridgehead atoms. The fourth-order valence-corrected chi connectivity index (χ4v) is 2.68. The van der Waals surface area contributed by atoms with Crippen LogP contribution in [0.25, 0.3) is 6.08 Å². The summed E-state index contributed by atoms with van der Waals surface area (Å²) in [6, 6.07) is 6.48. The zero-order chi connectivity index (χ0) is 10.7. The van der Waals surface area contributed by atoms with E-state index in [9.17, 15) is 0 Å². The number of hydrogen-bond acceptors (Lipinski definition) is 0. The summed E-state index contributed by atoms with van der Waals surface area (Å²) >= 11 is 3.62. The fraction of sp³-hybridized carbons (Fsp3) is 0.429. The molecule has 1 aliphatic carbocycles. The van der Waals surface area contributed by atoms with Crippen LogP contribution in [-0.2, 0) is 6.42 Å². The van der Waals surface area contributed by atoms with Crippen molar-refractivity contribution >= 4 is 22.0 Å². The van der Waals surface area contributed by atoms with Crippen LogP contribution in [0, 0.1) is 0 Å². The first-order valence-corrected chi connectivity index (χ1v) is 6.57. The van der Waals surface area contributed by atoms with E-state index in [0.717, 1.165) is 6.42 Å². The van der Waals surface area contributed by atoms with Gasteiger partial charge in [0.2, 0.25) is 0 Å². The SMILES string of the molecule is CCCCCC1=Cc2cccc(Br)c2C1. The predicted molar refractivity (Wildman–Crippen MR) is 70.0 cm³/mol. The molecule has 0 spiro atoms. The molecule has 0 saturated carbocycles. The summed E-state index contributed by atoms with van der Waals surface area (Å²) in [4.78, 5) is 0. The van der Waals surface area contributed by atoms with E-state index in [1.165, 1.54) is 41.3 Å². The number of halogens is 1. The van der Waals surface area contributed by atoms with Crippen molar-refractivity contribution in [3.63, 3.8) is 0 Å². The third kappa shape index (κ3) is 2.52. The Morgan fingerprint density at radius 1 is 1.27 bits per heavy atom. The molecule has 0 aromatic heterocycles. The molecular weight excluding hydrogens is 248 g/mol. The molecule has 0 nitrogen and oxygen atoms in total. The van der Waals surface area contributed by atoms with E-state index in [-0.39, 0.29) is 0 Å². The van der Waals surface area contributed by atoms with Crippen molar-refractivity contribution in [2.24, 2.45) is 0 Å². The average molecular weight is 265 g/mol. The lowest BCUT2D eigenvalue weighted by atomic mass is 10.1. The summed E-state index contributed by atoms with van der Waals surface area (Å²) in [6.45, 7) is 2.26. The summed E-state index contributed by atoms with van der Waals surface area (Å²) in [7, 11) is 0. The largest absolute Gasteiger partial charge is 0.0654 e. The zero-order valence-corrected chi connectivity index (χ0v) is 10.8. The van der Waals surface area contributed by atoms with E-state index in [1.807, 2.05) is 0 Å². The molecule has 0 unspecified atom stereocenters. The average Bonchev–Trinajstić information content (AvgIpc) is 2.63. The van der Waals surface area contributed by atoms with Gasteiger partial charge in [-0.1, -0.05) is 59.5 Å². The van der Waals surface area contributed by atoms with Gasteiger partial charge >= 0.3 is 0 Å². The van der Waals surface area contributed by atoms with Gasteiger partial charge in [-0.15, -0.1) is 0 Å². The maximum atomic E-state index is 3.62. The van der Waals surface area contributed by atoms with Crippen LogP contribution in [0.3, 0.4) is 0 Å². The van der Waals surface area contributed by atoms with Crippen LogP contribution in [0.4, 0.5) is 0 Å². The summed E-state index contributed by atoms with van der Waals surface area (Å²) in [5.74, 6) is 0. The maximum Gasteiger partial charge on any atom is 0.0216 e. The molecule has 0 N–H and O–H groups in total. The molecule has 0 saturated heterocycles. The van der Waals surface area contributed by atoms with Crippen molar-refractivity contribution in [1.82, 2.24) is 0 Å². The number of fused-ring (bicyclic) bond motifs is 1. The Kier molecular flexibility index (Phi) is 3.63. The first-order chi connectivity index (χ1) is 7.31. The normalized spacial score (nSPS) is 13.9. The second kappa shape index (κ2) is 4.98. The monoisotopic (exact) mass is 264 g/mol. The third-order valence-corrected chi connectivity index (χ3v) is 3.76. The van der Waals surface area contributed by atoms with Gasteiger partial charge in [-0.05, 0) is 36.5 Å². The van der Waals surface area contributed by atoms with Gasteiger partial charge in [-0.3, -0.25) is 0 Å². The van der Waals surface area contributed by atoms with E-state index in [0.29, 0.717) is 0 Å². The molecule has 0 atom stereocenters. The topological polar surface area (TPSA) is 0 Å². The number of allylic oxidation sites excluding steroid dienone is 1. The predicted octanol–water partition coefficient (Wildman–Crippen LogP) is 4.97. The van der Waals surface area contributed by atoms with Gasteiger partial charge in [0.05, 0.1) is 0 Å². The summed E-state index contributed by atoms with van der Waals surface area (Å²) in [5.41, 5.74) is 4.49. The molecule has 1 aliphatic rings. The van der Waals surface area contributed by atoms with Crippen LogP contribution in [0.15, 0.2) is 28.2 Å². The molecule has 2 rings (SSSR count).